The molecule has 0 aliphatic carbocycles. The van der Waals surface area contributed by atoms with Crippen LogP contribution in [-0.4, -0.2) is 51.3 Å². The average molecular weight is 253 g/mol. The third-order valence-electron chi connectivity index (χ3n) is 3.35. The summed E-state index contributed by atoms with van der Waals surface area (Å²) in [5, 5.41) is 0. The average Bonchev–Trinajstić information content (AvgIpc) is 2.40. The van der Waals surface area contributed by atoms with Crippen molar-refractivity contribution in [1.82, 2.24) is 4.90 Å². The van der Waals surface area contributed by atoms with Gasteiger partial charge in [0.2, 0.25) is 0 Å². The van der Waals surface area contributed by atoms with Gasteiger partial charge in [-0.1, -0.05) is 6.07 Å². The first kappa shape index (κ1) is 13.1. The van der Waals surface area contributed by atoms with E-state index < -0.39 is 0 Å². The van der Waals surface area contributed by atoms with Crippen molar-refractivity contribution in [3.63, 3.8) is 0 Å². The monoisotopic (exact) mass is 253 g/mol. The number of piperazine rings is 1. The summed E-state index contributed by atoms with van der Waals surface area (Å²) in [7, 11) is 1.71. The molecule has 0 saturated carbocycles. The van der Waals surface area contributed by atoms with Crippen molar-refractivity contribution in [3.8, 4) is 0 Å². The minimum absolute atomic E-state index is 0.253. The molecule has 0 radical (unpaired) electrons. The van der Waals surface area contributed by atoms with Crippen LogP contribution in [0.1, 0.15) is 0 Å². The van der Waals surface area contributed by atoms with E-state index in [0.29, 0.717) is 0 Å². The van der Waals surface area contributed by atoms with E-state index in [1.807, 2.05) is 6.07 Å². The van der Waals surface area contributed by atoms with Crippen LogP contribution in [0.3, 0.4) is 0 Å². The number of halogens is 1. The smallest absolute Gasteiger partial charge is 0.148 e. The van der Waals surface area contributed by atoms with Gasteiger partial charge in [0.05, 0.1) is 18.0 Å². The number of anilines is 2. The Labute approximate surface area is 107 Å². The third kappa shape index (κ3) is 2.91. The number of hydrogen-bond donors (Lipinski definition) is 1. The van der Waals surface area contributed by atoms with Crippen LogP contribution in [-0.2, 0) is 4.74 Å². The third-order valence-corrected chi connectivity index (χ3v) is 3.35. The summed E-state index contributed by atoms with van der Waals surface area (Å²) in [5.74, 6) is -0.339. The van der Waals surface area contributed by atoms with E-state index in [2.05, 4.69) is 9.80 Å². The minimum atomic E-state index is -0.339. The van der Waals surface area contributed by atoms with Crippen molar-refractivity contribution in [2.75, 3.05) is 57.1 Å². The van der Waals surface area contributed by atoms with Crippen LogP contribution in [0.5, 0.6) is 0 Å². The van der Waals surface area contributed by atoms with Gasteiger partial charge < -0.3 is 15.4 Å². The number of benzene rings is 1. The van der Waals surface area contributed by atoms with E-state index in [0.717, 1.165) is 45.0 Å². The second-order valence-corrected chi connectivity index (χ2v) is 4.49. The van der Waals surface area contributed by atoms with Crippen LogP contribution in [0.2, 0.25) is 0 Å². The van der Waals surface area contributed by atoms with E-state index >= 15 is 0 Å². The lowest BCUT2D eigenvalue weighted by atomic mass is 10.2. The molecule has 0 spiro atoms. The van der Waals surface area contributed by atoms with Gasteiger partial charge in [-0.05, 0) is 12.1 Å². The molecule has 0 atom stereocenters. The van der Waals surface area contributed by atoms with Crippen molar-refractivity contribution in [1.29, 1.82) is 0 Å². The van der Waals surface area contributed by atoms with Crippen molar-refractivity contribution in [2.45, 2.75) is 0 Å². The zero-order valence-electron chi connectivity index (χ0n) is 10.7. The lowest BCUT2D eigenvalue weighted by Gasteiger charge is -2.36. The summed E-state index contributed by atoms with van der Waals surface area (Å²) in [6.07, 6.45) is 0. The molecule has 2 N–H and O–H groups in total. The van der Waals surface area contributed by atoms with Crippen molar-refractivity contribution < 1.29 is 9.13 Å². The second kappa shape index (κ2) is 6.02. The first-order chi connectivity index (χ1) is 8.72. The molecule has 1 aromatic rings. The number of nitrogens with zero attached hydrogens (tertiary/aromatic N) is 2. The fourth-order valence-corrected chi connectivity index (χ4v) is 2.23. The highest BCUT2D eigenvalue weighted by molar-refractivity contribution is 5.68. The van der Waals surface area contributed by atoms with Gasteiger partial charge in [-0.3, -0.25) is 4.90 Å². The Hall–Kier alpha value is -1.33. The van der Waals surface area contributed by atoms with E-state index in [9.17, 15) is 4.39 Å². The van der Waals surface area contributed by atoms with Crippen molar-refractivity contribution in [2.24, 2.45) is 0 Å². The predicted molar refractivity (Wildman–Crippen MR) is 71.3 cm³/mol. The van der Waals surface area contributed by atoms with E-state index in [1.54, 1.807) is 13.2 Å². The Bertz CT molecular complexity index is 392. The van der Waals surface area contributed by atoms with Crippen molar-refractivity contribution >= 4 is 11.4 Å². The Morgan fingerprint density at radius 3 is 2.67 bits per heavy atom. The summed E-state index contributed by atoms with van der Waals surface area (Å²) >= 11 is 0. The summed E-state index contributed by atoms with van der Waals surface area (Å²) in [6, 6.07) is 4.98. The van der Waals surface area contributed by atoms with Gasteiger partial charge in [-0.25, -0.2) is 4.39 Å². The molecule has 5 heteroatoms. The highest BCUT2D eigenvalue weighted by Crippen LogP contribution is 2.26. The largest absolute Gasteiger partial charge is 0.395 e. The first-order valence-corrected chi connectivity index (χ1v) is 6.22. The number of rotatable bonds is 4. The normalized spacial score (nSPS) is 17.1. The molecule has 0 aromatic heterocycles. The fraction of sp³-hybridized carbons (Fsp3) is 0.538. The molecular formula is C13H20FN3O. The van der Waals surface area contributed by atoms with Crippen LogP contribution in [0.4, 0.5) is 15.8 Å². The number of hydrogen-bond acceptors (Lipinski definition) is 4. The number of para-hydroxylation sites is 1. The summed E-state index contributed by atoms with van der Waals surface area (Å²) < 4.78 is 18.5. The van der Waals surface area contributed by atoms with Crippen LogP contribution in [0.15, 0.2) is 18.2 Å². The molecule has 100 valence electrons. The standard InChI is InChI=1S/C13H20FN3O/c1-18-10-9-16-5-7-17(8-6-16)12-4-2-3-11(14)13(12)15/h2-4H,5-10,15H2,1H3. The highest BCUT2D eigenvalue weighted by Gasteiger charge is 2.19. The number of nitrogens with two attached hydrogens (primary N) is 1. The Kier molecular flexibility index (Phi) is 4.38. The molecule has 1 aliphatic rings. The van der Waals surface area contributed by atoms with Gasteiger partial charge in [0, 0.05) is 39.8 Å². The van der Waals surface area contributed by atoms with Gasteiger partial charge in [0.1, 0.15) is 5.82 Å². The summed E-state index contributed by atoms with van der Waals surface area (Å²) in [4.78, 5) is 4.48. The second-order valence-electron chi connectivity index (χ2n) is 4.49. The highest BCUT2D eigenvalue weighted by atomic mass is 19.1. The maximum atomic E-state index is 13.4. The lowest BCUT2D eigenvalue weighted by Crippen LogP contribution is -2.47. The van der Waals surface area contributed by atoms with Crippen LogP contribution in [0.25, 0.3) is 0 Å². The zero-order chi connectivity index (χ0) is 13.0. The number of nitrogen functional groups attached to an aromatic ring is 1. The lowest BCUT2D eigenvalue weighted by molar-refractivity contribution is 0.144. The molecular weight excluding hydrogens is 233 g/mol. The summed E-state index contributed by atoms with van der Waals surface area (Å²) in [5.41, 5.74) is 6.84. The Morgan fingerprint density at radius 1 is 1.28 bits per heavy atom. The van der Waals surface area contributed by atoms with Crippen LogP contribution in [0, 0.1) is 5.82 Å². The molecule has 1 fully saturated rings. The molecule has 2 rings (SSSR count). The molecule has 0 amide bonds. The van der Waals surface area contributed by atoms with Gasteiger partial charge in [-0.2, -0.15) is 0 Å². The van der Waals surface area contributed by atoms with Gasteiger partial charge in [-0.15, -0.1) is 0 Å². The molecule has 0 bridgehead atoms. The summed E-state index contributed by atoms with van der Waals surface area (Å²) in [6.45, 7) is 5.36. The molecule has 1 aliphatic heterocycles. The quantitative estimate of drug-likeness (QED) is 0.818. The maximum Gasteiger partial charge on any atom is 0.148 e. The van der Waals surface area contributed by atoms with Crippen molar-refractivity contribution in [3.05, 3.63) is 24.0 Å². The maximum absolute atomic E-state index is 13.4. The fourth-order valence-electron chi connectivity index (χ4n) is 2.23. The first-order valence-electron chi connectivity index (χ1n) is 6.22. The van der Waals surface area contributed by atoms with Crippen LogP contribution >= 0.6 is 0 Å². The molecule has 1 aromatic carbocycles. The number of ether oxygens (including phenoxy) is 1. The predicted octanol–water partition coefficient (Wildman–Crippen LogP) is 1.18. The SMILES string of the molecule is COCCN1CCN(c2cccc(F)c2N)CC1. The molecule has 4 nitrogen and oxygen atoms in total. The Morgan fingerprint density at radius 2 is 2.00 bits per heavy atom. The minimum Gasteiger partial charge on any atom is -0.395 e. The van der Waals surface area contributed by atoms with E-state index in [4.69, 9.17) is 10.5 Å². The number of methoxy groups -OCH3 is 1. The van der Waals surface area contributed by atoms with Crippen LogP contribution < -0.4 is 10.6 Å². The zero-order valence-corrected chi connectivity index (χ0v) is 10.7. The van der Waals surface area contributed by atoms with Gasteiger partial charge >= 0.3 is 0 Å². The van der Waals surface area contributed by atoms with Gasteiger partial charge in [0.25, 0.3) is 0 Å². The molecule has 1 heterocycles. The molecule has 0 unspecified atom stereocenters. The van der Waals surface area contributed by atoms with Gasteiger partial charge in [0.15, 0.2) is 0 Å². The van der Waals surface area contributed by atoms with E-state index in [1.165, 1.54) is 6.07 Å². The molecule has 1 saturated heterocycles. The van der Waals surface area contributed by atoms with E-state index in [-0.39, 0.29) is 11.5 Å². The Balaban J connectivity index is 1.95. The molecule has 18 heavy (non-hydrogen) atoms. The topological polar surface area (TPSA) is 41.7 Å².